The lowest BCUT2D eigenvalue weighted by Gasteiger charge is -2.16. The molecule has 0 fully saturated rings. The van der Waals surface area contributed by atoms with Crippen molar-refractivity contribution in [1.82, 2.24) is 9.62 Å². The lowest BCUT2D eigenvalue weighted by atomic mass is 10.3. The van der Waals surface area contributed by atoms with E-state index < -0.39 is 34.3 Å². The molecule has 1 aromatic heterocycles. The van der Waals surface area contributed by atoms with Crippen LogP contribution in [0.5, 0.6) is 0 Å². The van der Waals surface area contributed by atoms with Gasteiger partial charge in [-0.3, -0.25) is 9.59 Å². The summed E-state index contributed by atoms with van der Waals surface area (Å²) in [5, 5.41) is 2.53. The molecule has 0 radical (unpaired) electrons. The van der Waals surface area contributed by atoms with Crippen LogP contribution < -0.4 is 5.32 Å². The fourth-order valence-corrected chi connectivity index (χ4v) is 3.43. The second-order valence-corrected chi connectivity index (χ2v) is 7.95. The molecular weight excluding hydrogens is 391 g/mol. The summed E-state index contributed by atoms with van der Waals surface area (Å²) >= 11 is 0. The summed E-state index contributed by atoms with van der Waals surface area (Å²) in [5.41, 5.74) is 0. The Morgan fingerprint density at radius 3 is 2.57 bits per heavy atom. The molecule has 0 bridgehead atoms. The molecule has 8 nitrogen and oxygen atoms in total. The van der Waals surface area contributed by atoms with Gasteiger partial charge in [0.2, 0.25) is 10.0 Å². The van der Waals surface area contributed by atoms with Gasteiger partial charge in [0, 0.05) is 20.0 Å². The Kier molecular flexibility index (Phi) is 7.70. The number of halogens is 1. The number of rotatable bonds is 10. The summed E-state index contributed by atoms with van der Waals surface area (Å²) < 4.78 is 48.6. The first-order valence-corrected chi connectivity index (χ1v) is 9.89. The fourth-order valence-electron chi connectivity index (χ4n) is 2.22. The van der Waals surface area contributed by atoms with Gasteiger partial charge >= 0.3 is 5.97 Å². The summed E-state index contributed by atoms with van der Waals surface area (Å²) in [7, 11) is -2.40. The second kappa shape index (κ2) is 10.00. The maximum Gasteiger partial charge on any atom is 0.306 e. The number of sulfonamides is 1. The van der Waals surface area contributed by atoms with Crippen molar-refractivity contribution in [2.75, 3.05) is 20.2 Å². The van der Waals surface area contributed by atoms with Gasteiger partial charge in [-0.1, -0.05) is 0 Å². The average molecular weight is 412 g/mol. The smallest absolute Gasteiger partial charge is 0.306 e. The lowest BCUT2D eigenvalue weighted by molar-refractivity contribution is -0.148. The van der Waals surface area contributed by atoms with Crippen LogP contribution in [0.15, 0.2) is 52.0 Å². The standard InChI is InChI=1S/C18H21FN2O6S/c1-21(28(24,25)16-8-6-14(19)7-9-16)10-2-5-18(23)27-13-17(22)20-12-15-4-3-11-26-15/h3-4,6-9,11H,2,5,10,12-13H2,1H3,(H,20,22). The summed E-state index contributed by atoms with van der Waals surface area (Å²) in [4.78, 5) is 23.2. The van der Waals surface area contributed by atoms with Crippen molar-refractivity contribution >= 4 is 21.9 Å². The maximum absolute atomic E-state index is 12.9. The molecule has 1 aromatic carbocycles. The fraction of sp³-hybridized carbons (Fsp3) is 0.333. The number of carbonyl (C=O) groups is 2. The van der Waals surface area contributed by atoms with Crippen LogP contribution in [-0.2, 0) is 30.9 Å². The van der Waals surface area contributed by atoms with Gasteiger partial charge in [-0.25, -0.2) is 17.1 Å². The number of esters is 1. The van der Waals surface area contributed by atoms with E-state index in [0.717, 1.165) is 16.4 Å². The molecule has 1 N–H and O–H groups in total. The van der Waals surface area contributed by atoms with Crippen molar-refractivity contribution in [3.63, 3.8) is 0 Å². The highest BCUT2D eigenvalue weighted by atomic mass is 32.2. The molecule has 0 aliphatic heterocycles. The molecule has 2 rings (SSSR count). The SMILES string of the molecule is CN(CCCC(=O)OCC(=O)NCc1ccco1)S(=O)(=O)c1ccc(F)cc1. The molecular formula is C18H21FN2O6S. The number of ether oxygens (including phenoxy) is 1. The van der Waals surface area contributed by atoms with Gasteiger partial charge in [-0.2, -0.15) is 0 Å². The van der Waals surface area contributed by atoms with Crippen LogP contribution in [0.25, 0.3) is 0 Å². The average Bonchev–Trinajstić information content (AvgIpc) is 3.18. The molecule has 1 heterocycles. The Hall–Kier alpha value is -2.72. The first-order valence-electron chi connectivity index (χ1n) is 8.45. The van der Waals surface area contributed by atoms with E-state index in [1.165, 1.54) is 25.4 Å². The van der Waals surface area contributed by atoms with Gasteiger partial charge in [0.05, 0.1) is 17.7 Å². The van der Waals surface area contributed by atoms with E-state index in [2.05, 4.69) is 5.32 Å². The van der Waals surface area contributed by atoms with Crippen molar-refractivity contribution < 1.29 is 31.6 Å². The van der Waals surface area contributed by atoms with E-state index in [1.54, 1.807) is 12.1 Å². The van der Waals surface area contributed by atoms with Crippen LogP contribution >= 0.6 is 0 Å². The van der Waals surface area contributed by atoms with Crippen LogP contribution in [0, 0.1) is 5.82 Å². The predicted octanol–water partition coefficient (Wildman–Crippen LogP) is 1.68. The third-order valence-electron chi connectivity index (χ3n) is 3.78. The van der Waals surface area contributed by atoms with Crippen molar-refractivity contribution in [3.8, 4) is 0 Å². The molecule has 2 aromatic rings. The van der Waals surface area contributed by atoms with Crippen LogP contribution in [0.3, 0.4) is 0 Å². The molecule has 1 amide bonds. The number of benzene rings is 1. The Morgan fingerprint density at radius 2 is 1.93 bits per heavy atom. The topological polar surface area (TPSA) is 106 Å². The Labute approximate surface area is 162 Å². The summed E-state index contributed by atoms with van der Waals surface area (Å²) in [6.45, 7) is -0.168. The van der Waals surface area contributed by atoms with Gasteiger partial charge in [-0.15, -0.1) is 0 Å². The molecule has 10 heteroatoms. The van der Waals surface area contributed by atoms with Gasteiger partial charge in [0.25, 0.3) is 5.91 Å². The zero-order valence-corrected chi connectivity index (χ0v) is 16.1. The van der Waals surface area contributed by atoms with E-state index in [-0.39, 0.29) is 30.8 Å². The number of hydrogen-bond donors (Lipinski definition) is 1. The third-order valence-corrected chi connectivity index (χ3v) is 5.65. The molecule has 0 saturated heterocycles. The van der Waals surface area contributed by atoms with Crippen molar-refractivity contribution in [2.45, 2.75) is 24.3 Å². The monoisotopic (exact) mass is 412 g/mol. The molecule has 0 saturated carbocycles. The van der Waals surface area contributed by atoms with Crippen molar-refractivity contribution in [2.24, 2.45) is 0 Å². The minimum atomic E-state index is -3.77. The zero-order valence-electron chi connectivity index (χ0n) is 15.3. The number of furan rings is 1. The Bertz CT molecular complexity index is 881. The van der Waals surface area contributed by atoms with Crippen LogP contribution in [0.2, 0.25) is 0 Å². The van der Waals surface area contributed by atoms with E-state index in [4.69, 9.17) is 9.15 Å². The van der Waals surface area contributed by atoms with E-state index in [1.807, 2.05) is 0 Å². The van der Waals surface area contributed by atoms with Gasteiger partial charge in [-0.05, 0) is 42.8 Å². The number of hydrogen-bond acceptors (Lipinski definition) is 6. The largest absolute Gasteiger partial charge is 0.467 e. The van der Waals surface area contributed by atoms with E-state index in [0.29, 0.717) is 5.76 Å². The summed E-state index contributed by atoms with van der Waals surface area (Å²) in [6.07, 6.45) is 1.65. The Balaban J connectivity index is 1.68. The minimum Gasteiger partial charge on any atom is -0.467 e. The van der Waals surface area contributed by atoms with Gasteiger partial charge < -0.3 is 14.5 Å². The highest BCUT2D eigenvalue weighted by molar-refractivity contribution is 7.89. The van der Waals surface area contributed by atoms with Crippen LogP contribution in [0.1, 0.15) is 18.6 Å². The molecule has 0 unspecified atom stereocenters. The molecule has 152 valence electrons. The summed E-state index contributed by atoms with van der Waals surface area (Å²) in [6, 6.07) is 7.87. The Morgan fingerprint density at radius 1 is 1.21 bits per heavy atom. The molecule has 0 aliphatic rings. The summed E-state index contributed by atoms with van der Waals surface area (Å²) in [5.74, 6) is -1.04. The quantitative estimate of drug-likeness (QED) is 0.595. The minimum absolute atomic E-state index is 0.0350. The predicted molar refractivity (Wildman–Crippen MR) is 97.0 cm³/mol. The van der Waals surface area contributed by atoms with E-state index >= 15 is 0 Å². The molecule has 0 spiro atoms. The lowest BCUT2D eigenvalue weighted by Crippen LogP contribution is -2.29. The van der Waals surface area contributed by atoms with Gasteiger partial charge in [0.15, 0.2) is 6.61 Å². The first-order chi connectivity index (χ1) is 13.3. The van der Waals surface area contributed by atoms with Gasteiger partial charge in [0.1, 0.15) is 11.6 Å². The third kappa shape index (κ3) is 6.46. The van der Waals surface area contributed by atoms with E-state index in [9.17, 15) is 22.4 Å². The highest BCUT2D eigenvalue weighted by Crippen LogP contribution is 2.15. The van der Waals surface area contributed by atoms with Crippen LogP contribution in [-0.4, -0.2) is 44.8 Å². The maximum atomic E-state index is 12.9. The molecule has 28 heavy (non-hydrogen) atoms. The zero-order chi connectivity index (χ0) is 20.6. The first kappa shape index (κ1) is 21.6. The normalized spacial score (nSPS) is 11.4. The number of nitrogens with zero attached hydrogens (tertiary/aromatic N) is 1. The highest BCUT2D eigenvalue weighted by Gasteiger charge is 2.20. The molecule has 0 aliphatic carbocycles. The number of carbonyl (C=O) groups excluding carboxylic acids is 2. The van der Waals surface area contributed by atoms with Crippen molar-refractivity contribution in [1.29, 1.82) is 0 Å². The second-order valence-electron chi connectivity index (χ2n) is 5.90. The number of amides is 1. The number of nitrogens with one attached hydrogen (secondary N) is 1. The van der Waals surface area contributed by atoms with Crippen molar-refractivity contribution in [3.05, 3.63) is 54.2 Å². The van der Waals surface area contributed by atoms with Crippen LogP contribution in [0.4, 0.5) is 4.39 Å². The molecule has 0 atom stereocenters.